The molecule has 2 aromatic rings. The van der Waals surface area contributed by atoms with E-state index in [1.165, 1.54) is 0 Å². The average molecular weight is 359 g/mol. The second kappa shape index (κ2) is 5.06. The van der Waals surface area contributed by atoms with Crippen molar-refractivity contribution in [2.75, 3.05) is 0 Å². The third-order valence-electron chi connectivity index (χ3n) is 2.02. The van der Waals surface area contributed by atoms with E-state index < -0.39 is 0 Å². The summed E-state index contributed by atoms with van der Waals surface area (Å²) >= 11 is 6.68. The molecule has 3 nitrogen and oxygen atoms in total. The number of phenols is 1. The van der Waals surface area contributed by atoms with Crippen molar-refractivity contribution in [2.24, 2.45) is 0 Å². The lowest BCUT2D eigenvalue weighted by Crippen LogP contribution is -1.89. The number of benzene rings is 1. The molecule has 5 heteroatoms. The molecule has 0 amide bonds. The summed E-state index contributed by atoms with van der Waals surface area (Å²) in [5, 5.41) is 9.47. The fourth-order valence-corrected chi connectivity index (χ4v) is 2.44. The summed E-state index contributed by atoms with van der Waals surface area (Å²) < 4.78 is 7.20. The van der Waals surface area contributed by atoms with Crippen LogP contribution in [0.15, 0.2) is 39.4 Å². The maximum atomic E-state index is 9.47. The number of halogens is 2. The smallest absolute Gasteiger partial charge is 0.233 e. The Morgan fingerprint density at radius 3 is 2.59 bits per heavy atom. The summed E-state index contributed by atoms with van der Waals surface area (Å²) in [6.07, 6.45) is 1.65. The maximum absolute atomic E-state index is 9.47. The highest BCUT2D eigenvalue weighted by atomic mass is 79.9. The number of pyridine rings is 1. The summed E-state index contributed by atoms with van der Waals surface area (Å²) in [5.74, 6) is 1.18. The number of nitrogens with zero attached hydrogens (tertiary/aromatic N) is 1. The van der Waals surface area contributed by atoms with Gasteiger partial charge in [-0.15, -0.1) is 0 Å². The summed E-state index contributed by atoms with van der Waals surface area (Å²) in [6.45, 7) is 1.89. The Kier molecular flexibility index (Phi) is 3.69. The highest BCUT2D eigenvalue weighted by Gasteiger charge is 2.06. The van der Waals surface area contributed by atoms with Crippen LogP contribution in [0.2, 0.25) is 0 Å². The van der Waals surface area contributed by atoms with Gasteiger partial charge in [-0.3, -0.25) is 0 Å². The topological polar surface area (TPSA) is 42.4 Å². The van der Waals surface area contributed by atoms with Crippen molar-refractivity contribution in [3.8, 4) is 17.4 Å². The zero-order chi connectivity index (χ0) is 12.4. The van der Waals surface area contributed by atoms with Crippen LogP contribution in [0.1, 0.15) is 5.56 Å². The average Bonchev–Trinajstić information content (AvgIpc) is 2.21. The Morgan fingerprint density at radius 2 is 1.94 bits per heavy atom. The van der Waals surface area contributed by atoms with Gasteiger partial charge in [0.2, 0.25) is 5.88 Å². The van der Waals surface area contributed by atoms with E-state index in [-0.39, 0.29) is 5.75 Å². The van der Waals surface area contributed by atoms with E-state index in [1.807, 2.05) is 19.1 Å². The van der Waals surface area contributed by atoms with E-state index >= 15 is 0 Å². The normalized spacial score (nSPS) is 10.3. The van der Waals surface area contributed by atoms with Crippen molar-refractivity contribution in [1.82, 2.24) is 4.98 Å². The Morgan fingerprint density at radius 1 is 1.18 bits per heavy atom. The second-order valence-corrected chi connectivity index (χ2v) is 5.32. The minimum absolute atomic E-state index is 0.174. The third kappa shape index (κ3) is 3.20. The number of hydrogen-bond donors (Lipinski definition) is 1. The molecule has 1 heterocycles. The van der Waals surface area contributed by atoms with Crippen LogP contribution in [-0.2, 0) is 0 Å². The summed E-state index contributed by atoms with van der Waals surface area (Å²) in [7, 11) is 0. The number of phenolic OH excluding ortho intramolecular Hbond substituents is 1. The van der Waals surface area contributed by atoms with Crippen LogP contribution in [0.25, 0.3) is 0 Å². The fourth-order valence-electron chi connectivity index (χ4n) is 1.38. The van der Waals surface area contributed by atoms with E-state index in [0.29, 0.717) is 11.6 Å². The third-order valence-corrected chi connectivity index (χ3v) is 3.03. The molecule has 1 aromatic heterocycles. The molecule has 2 rings (SSSR count). The lowest BCUT2D eigenvalue weighted by atomic mass is 10.2. The minimum atomic E-state index is 0.174. The predicted octanol–water partition coefficient (Wildman–Crippen LogP) is 4.41. The van der Waals surface area contributed by atoms with Crippen molar-refractivity contribution in [2.45, 2.75) is 6.92 Å². The molecule has 0 radical (unpaired) electrons. The first-order valence-corrected chi connectivity index (χ1v) is 6.43. The molecular formula is C12H9Br2NO2. The Labute approximate surface area is 116 Å². The molecule has 88 valence electrons. The van der Waals surface area contributed by atoms with Crippen LogP contribution >= 0.6 is 31.9 Å². The van der Waals surface area contributed by atoms with Gasteiger partial charge in [0.05, 0.1) is 4.47 Å². The van der Waals surface area contributed by atoms with Gasteiger partial charge in [0.25, 0.3) is 0 Å². The first-order valence-electron chi connectivity index (χ1n) is 4.84. The van der Waals surface area contributed by atoms with E-state index in [9.17, 15) is 5.11 Å². The molecule has 0 aliphatic heterocycles. The molecule has 1 N–H and O–H groups in total. The lowest BCUT2D eigenvalue weighted by Gasteiger charge is -2.08. The van der Waals surface area contributed by atoms with Crippen LogP contribution in [0.4, 0.5) is 0 Å². The Hall–Kier alpha value is -1.07. The molecule has 0 aliphatic carbocycles. The van der Waals surface area contributed by atoms with E-state index in [4.69, 9.17) is 4.74 Å². The van der Waals surface area contributed by atoms with Gasteiger partial charge in [-0.1, -0.05) is 0 Å². The quantitative estimate of drug-likeness (QED) is 0.864. The molecule has 0 unspecified atom stereocenters. The number of rotatable bonds is 2. The number of aromatic hydroxyl groups is 1. The van der Waals surface area contributed by atoms with E-state index in [2.05, 4.69) is 36.8 Å². The van der Waals surface area contributed by atoms with Crippen molar-refractivity contribution >= 4 is 31.9 Å². The highest BCUT2D eigenvalue weighted by molar-refractivity contribution is 9.11. The molecule has 17 heavy (non-hydrogen) atoms. The summed E-state index contributed by atoms with van der Waals surface area (Å²) in [6, 6.07) is 6.88. The molecule has 0 saturated heterocycles. The van der Waals surface area contributed by atoms with Crippen LogP contribution < -0.4 is 4.74 Å². The molecule has 0 fully saturated rings. The largest absolute Gasteiger partial charge is 0.508 e. The van der Waals surface area contributed by atoms with E-state index in [1.54, 1.807) is 18.3 Å². The molecule has 1 aromatic carbocycles. The van der Waals surface area contributed by atoms with Crippen LogP contribution in [0.5, 0.6) is 17.4 Å². The van der Waals surface area contributed by atoms with Crippen LogP contribution in [-0.4, -0.2) is 10.1 Å². The number of aromatic nitrogens is 1. The second-order valence-electron chi connectivity index (χ2n) is 3.55. The van der Waals surface area contributed by atoms with Gasteiger partial charge in [-0.05, 0) is 62.5 Å². The summed E-state index contributed by atoms with van der Waals surface area (Å²) in [4.78, 5) is 4.13. The van der Waals surface area contributed by atoms with Gasteiger partial charge in [-0.25, -0.2) is 4.98 Å². The van der Waals surface area contributed by atoms with Crippen molar-refractivity contribution in [3.63, 3.8) is 0 Å². The first kappa shape index (κ1) is 12.4. The predicted molar refractivity (Wildman–Crippen MR) is 72.6 cm³/mol. The van der Waals surface area contributed by atoms with Gasteiger partial charge < -0.3 is 9.84 Å². The van der Waals surface area contributed by atoms with Crippen molar-refractivity contribution < 1.29 is 9.84 Å². The molecule has 0 aliphatic rings. The van der Waals surface area contributed by atoms with Gasteiger partial charge in [-0.2, -0.15) is 0 Å². The monoisotopic (exact) mass is 357 g/mol. The SMILES string of the molecule is Cc1cc(O)cc(Oc2ncc(Br)cc2Br)c1. The van der Waals surface area contributed by atoms with Crippen LogP contribution in [0, 0.1) is 6.92 Å². The minimum Gasteiger partial charge on any atom is -0.508 e. The fraction of sp³-hybridized carbons (Fsp3) is 0.0833. The highest BCUT2D eigenvalue weighted by Crippen LogP contribution is 2.31. The first-order chi connectivity index (χ1) is 8.04. The van der Waals surface area contributed by atoms with Gasteiger partial charge in [0, 0.05) is 16.7 Å². The molecular weight excluding hydrogens is 350 g/mol. The number of ether oxygens (including phenoxy) is 1. The number of hydrogen-bond acceptors (Lipinski definition) is 3. The lowest BCUT2D eigenvalue weighted by molar-refractivity contribution is 0.443. The van der Waals surface area contributed by atoms with Crippen molar-refractivity contribution in [1.29, 1.82) is 0 Å². The molecule has 0 atom stereocenters. The number of aryl methyl sites for hydroxylation is 1. The molecule has 0 bridgehead atoms. The van der Waals surface area contributed by atoms with E-state index in [0.717, 1.165) is 14.5 Å². The Balaban J connectivity index is 2.31. The summed E-state index contributed by atoms with van der Waals surface area (Å²) in [5.41, 5.74) is 0.924. The van der Waals surface area contributed by atoms with Crippen molar-refractivity contribution in [3.05, 3.63) is 45.0 Å². The van der Waals surface area contributed by atoms with Gasteiger partial charge in [0.15, 0.2) is 0 Å². The zero-order valence-electron chi connectivity index (χ0n) is 8.95. The van der Waals surface area contributed by atoms with Gasteiger partial charge in [0.1, 0.15) is 11.5 Å². The van der Waals surface area contributed by atoms with Gasteiger partial charge >= 0.3 is 0 Å². The molecule has 0 spiro atoms. The zero-order valence-corrected chi connectivity index (χ0v) is 12.1. The maximum Gasteiger partial charge on any atom is 0.233 e. The Bertz CT molecular complexity index is 538. The molecule has 0 saturated carbocycles. The standard InChI is InChI=1S/C12H9Br2NO2/c1-7-2-9(16)5-10(3-7)17-12-11(14)4-8(13)6-15-12/h2-6,16H,1H3. The van der Waals surface area contributed by atoms with Crippen LogP contribution in [0.3, 0.4) is 0 Å².